The van der Waals surface area contributed by atoms with Crippen LogP contribution in [0.2, 0.25) is 0 Å². The summed E-state index contributed by atoms with van der Waals surface area (Å²) >= 11 is 1.54. The Kier molecular flexibility index (Phi) is 3.38. The highest BCUT2D eigenvalue weighted by molar-refractivity contribution is 7.15. The fourth-order valence-corrected chi connectivity index (χ4v) is 2.68. The van der Waals surface area contributed by atoms with Gasteiger partial charge in [-0.3, -0.25) is 4.79 Å². The van der Waals surface area contributed by atoms with Crippen LogP contribution in [0.25, 0.3) is 0 Å². The van der Waals surface area contributed by atoms with Gasteiger partial charge >= 0.3 is 5.97 Å². The molecule has 0 aliphatic heterocycles. The van der Waals surface area contributed by atoms with Crippen molar-refractivity contribution in [2.75, 3.05) is 5.32 Å². The zero-order valence-electron chi connectivity index (χ0n) is 9.14. The van der Waals surface area contributed by atoms with Gasteiger partial charge in [-0.1, -0.05) is 11.3 Å². The Morgan fingerprint density at radius 3 is 2.56 bits per heavy atom. The highest BCUT2D eigenvalue weighted by atomic mass is 32.1. The van der Waals surface area contributed by atoms with E-state index in [1.165, 1.54) is 11.3 Å². The van der Waals surface area contributed by atoms with Crippen molar-refractivity contribution in [3.8, 4) is 0 Å². The van der Waals surface area contributed by atoms with Gasteiger partial charge in [0.2, 0.25) is 5.13 Å². The maximum absolute atomic E-state index is 10.8. The summed E-state index contributed by atoms with van der Waals surface area (Å²) in [5.74, 6) is -0.820. The van der Waals surface area contributed by atoms with Crippen molar-refractivity contribution in [1.82, 2.24) is 10.2 Å². The third-order valence-electron chi connectivity index (χ3n) is 2.93. The lowest BCUT2D eigenvalue weighted by atomic mass is 9.86. The maximum atomic E-state index is 10.8. The number of aromatic nitrogens is 2. The highest BCUT2D eigenvalue weighted by Gasteiger charge is 2.26. The monoisotopic (exact) mass is 241 g/mol. The standard InChI is InChI=1S/C10H15N3O2S/c1-6-12-13-10(16-6)11-8-4-2-7(3-5-8)9(14)15/h7-8H,2-5H2,1H3,(H,11,13)(H,14,15). The Morgan fingerprint density at radius 1 is 1.38 bits per heavy atom. The summed E-state index contributed by atoms with van der Waals surface area (Å²) in [5, 5.41) is 21.9. The second-order valence-corrected chi connectivity index (χ2v) is 5.34. The largest absolute Gasteiger partial charge is 0.481 e. The van der Waals surface area contributed by atoms with E-state index in [0.717, 1.165) is 35.8 Å². The van der Waals surface area contributed by atoms with Gasteiger partial charge in [0.15, 0.2) is 0 Å². The molecule has 1 aromatic heterocycles. The summed E-state index contributed by atoms with van der Waals surface area (Å²) in [4.78, 5) is 10.8. The normalized spacial score (nSPS) is 25.3. The molecule has 1 aliphatic rings. The molecule has 5 nitrogen and oxygen atoms in total. The van der Waals surface area contributed by atoms with Crippen LogP contribution in [0.15, 0.2) is 0 Å². The molecule has 1 aliphatic carbocycles. The van der Waals surface area contributed by atoms with Crippen LogP contribution in [-0.2, 0) is 4.79 Å². The van der Waals surface area contributed by atoms with Crippen molar-refractivity contribution < 1.29 is 9.90 Å². The van der Waals surface area contributed by atoms with E-state index in [-0.39, 0.29) is 5.92 Å². The first-order valence-corrected chi connectivity index (χ1v) is 6.26. The number of rotatable bonds is 3. The molecule has 1 saturated carbocycles. The molecule has 2 N–H and O–H groups in total. The van der Waals surface area contributed by atoms with Gasteiger partial charge in [0.25, 0.3) is 0 Å². The van der Waals surface area contributed by atoms with Crippen LogP contribution in [0.1, 0.15) is 30.7 Å². The van der Waals surface area contributed by atoms with Gasteiger partial charge in [-0.05, 0) is 32.6 Å². The molecule has 88 valence electrons. The van der Waals surface area contributed by atoms with Gasteiger partial charge in [0, 0.05) is 6.04 Å². The van der Waals surface area contributed by atoms with E-state index in [2.05, 4.69) is 15.5 Å². The average molecular weight is 241 g/mol. The number of carboxylic acid groups (broad SMARTS) is 1. The second kappa shape index (κ2) is 4.78. The van der Waals surface area contributed by atoms with E-state index in [1.54, 1.807) is 0 Å². The first-order chi connectivity index (χ1) is 7.65. The van der Waals surface area contributed by atoms with Crippen LogP contribution in [0, 0.1) is 12.8 Å². The minimum atomic E-state index is -0.662. The Morgan fingerprint density at radius 2 is 2.06 bits per heavy atom. The van der Waals surface area contributed by atoms with Crippen molar-refractivity contribution in [2.24, 2.45) is 5.92 Å². The van der Waals surface area contributed by atoms with Crippen LogP contribution in [-0.4, -0.2) is 27.3 Å². The topological polar surface area (TPSA) is 75.1 Å². The molecular formula is C10H15N3O2S. The molecule has 1 heterocycles. The molecule has 2 rings (SSSR count). The SMILES string of the molecule is Cc1nnc(NC2CCC(C(=O)O)CC2)s1. The Labute approximate surface area is 97.9 Å². The number of aryl methyl sites for hydroxylation is 1. The van der Waals surface area contributed by atoms with E-state index >= 15 is 0 Å². The fraction of sp³-hybridized carbons (Fsp3) is 0.700. The number of anilines is 1. The molecule has 0 atom stereocenters. The molecule has 1 fully saturated rings. The molecule has 6 heteroatoms. The van der Waals surface area contributed by atoms with Gasteiger partial charge in [-0.25, -0.2) is 0 Å². The molecule has 0 aromatic carbocycles. The lowest BCUT2D eigenvalue weighted by Gasteiger charge is -2.26. The predicted octanol–water partition coefficient (Wildman–Crippen LogP) is 1.90. The number of carbonyl (C=O) groups is 1. The minimum Gasteiger partial charge on any atom is -0.481 e. The number of hydrogen-bond donors (Lipinski definition) is 2. The molecule has 0 amide bonds. The van der Waals surface area contributed by atoms with Crippen molar-refractivity contribution in [3.63, 3.8) is 0 Å². The smallest absolute Gasteiger partial charge is 0.306 e. The summed E-state index contributed by atoms with van der Waals surface area (Å²) in [6.07, 6.45) is 3.31. The minimum absolute atomic E-state index is 0.158. The second-order valence-electron chi connectivity index (χ2n) is 4.16. The molecule has 16 heavy (non-hydrogen) atoms. The highest BCUT2D eigenvalue weighted by Crippen LogP contribution is 2.27. The zero-order valence-corrected chi connectivity index (χ0v) is 9.96. The van der Waals surface area contributed by atoms with Crippen LogP contribution >= 0.6 is 11.3 Å². The molecule has 0 bridgehead atoms. The predicted molar refractivity (Wildman–Crippen MR) is 61.7 cm³/mol. The number of nitrogens with zero attached hydrogens (tertiary/aromatic N) is 2. The first-order valence-electron chi connectivity index (χ1n) is 5.44. The van der Waals surface area contributed by atoms with Crippen LogP contribution < -0.4 is 5.32 Å². The molecule has 0 unspecified atom stereocenters. The number of carboxylic acids is 1. The van der Waals surface area contributed by atoms with E-state index in [9.17, 15) is 4.79 Å². The summed E-state index contributed by atoms with van der Waals surface area (Å²) in [5.41, 5.74) is 0. The first kappa shape index (κ1) is 11.3. The summed E-state index contributed by atoms with van der Waals surface area (Å²) in [6.45, 7) is 1.92. The Balaban J connectivity index is 1.83. The van der Waals surface area contributed by atoms with Crippen LogP contribution in [0.3, 0.4) is 0 Å². The van der Waals surface area contributed by atoms with E-state index in [0.29, 0.717) is 6.04 Å². The average Bonchev–Trinajstić information content (AvgIpc) is 2.65. The van der Waals surface area contributed by atoms with Gasteiger partial charge in [-0.15, -0.1) is 10.2 Å². The van der Waals surface area contributed by atoms with Crippen molar-refractivity contribution in [1.29, 1.82) is 0 Å². The number of aliphatic carboxylic acids is 1. The molecule has 1 aromatic rings. The van der Waals surface area contributed by atoms with E-state index in [4.69, 9.17) is 5.11 Å². The Hall–Kier alpha value is -1.17. The molecule has 0 radical (unpaired) electrons. The van der Waals surface area contributed by atoms with Gasteiger partial charge < -0.3 is 10.4 Å². The van der Waals surface area contributed by atoms with Crippen LogP contribution in [0.5, 0.6) is 0 Å². The quantitative estimate of drug-likeness (QED) is 0.845. The Bertz CT molecular complexity index is 372. The van der Waals surface area contributed by atoms with Crippen molar-refractivity contribution >= 4 is 22.4 Å². The van der Waals surface area contributed by atoms with Gasteiger partial charge in [0.05, 0.1) is 5.92 Å². The lowest BCUT2D eigenvalue weighted by molar-refractivity contribution is -0.142. The zero-order chi connectivity index (χ0) is 11.5. The van der Waals surface area contributed by atoms with Crippen molar-refractivity contribution in [3.05, 3.63) is 5.01 Å². The lowest BCUT2D eigenvalue weighted by Crippen LogP contribution is -2.29. The van der Waals surface area contributed by atoms with Gasteiger partial charge in [0.1, 0.15) is 5.01 Å². The fourth-order valence-electron chi connectivity index (χ4n) is 2.01. The number of hydrogen-bond acceptors (Lipinski definition) is 5. The maximum Gasteiger partial charge on any atom is 0.306 e. The van der Waals surface area contributed by atoms with E-state index in [1.807, 2.05) is 6.92 Å². The van der Waals surface area contributed by atoms with Crippen LogP contribution in [0.4, 0.5) is 5.13 Å². The summed E-state index contributed by atoms with van der Waals surface area (Å²) in [7, 11) is 0. The third-order valence-corrected chi connectivity index (χ3v) is 3.70. The van der Waals surface area contributed by atoms with Crippen molar-refractivity contribution in [2.45, 2.75) is 38.6 Å². The molecular weight excluding hydrogens is 226 g/mol. The number of nitrogens with one attached hydrogen (secondary N) is 1. The van der Waals surface area contributed by atoms with Gasteiger partial charge in [-0.2, -0.15) is 0 Å². The van der Waals surface area contributed by atoms with E-state index < -0.39 is 5.97 Å². The summed E-state index contributed by atoms with van der Waals surface area (Å²) in [6, 6.07) is 0.350. The third kappa shape index (κ3) is 2.69. The summed E-state index contributed by atoms with van der Waals surface area (Å²) < 4.78 is 0. The molecule has 0 saturated heterocycles. The molecule has 0 spiro atoms.